The Hall–Kier alpha value is -0.990. The summed E-state index contributed by atoms with van der Waals surface area (Å²) in [4.78, 5) is 9.86. The number of ether oxygens (including phenoxy) is 1. The van der Waals surface area contributed by atoms with Gasteiger partial charge in [-0.1, -0.05) is 13.0 Å². The molecule has 58 valence electrons. The van der Waals surface area contributed by atoms with Gasteiger partial charge in [0.15, 0.2) is 0 Å². The number of rotatable bonds is 4. The molecule has 0 saturated heterocycles. The molecule has 0 aliphatic rings. The van der Waals surface area contributed by atoms with Gasteiger partial charge >= 0.3 is 6.16 Å². The Labute approximate surface area is 60.3 Å². The topological polar surface area (TPSA) is 46.5 Å². The van der Waals surface area contributed by atoms with E-state index in [-0.39, 0.29) is 12.5 Å². The van der Waals surface area contributed by atoms with Gasteiger partial charge in [-0.3, -0.25) is 0 Å². The maximum absolute atomic E-state index is 9.86. The van der Waals surface area contributed by atoms with Gasteiger partial charge in [0, 0.05) is 0 Å². The van der Waals surface area contributed by atoms with E-state index in [0.29, 0.717) is 0 Å². The summed E-state index contributed by atoms with van der Waals surface area (Å²) >= 11 is 0. The highest BCUT2D eigenvalue weighted by molar-refractivity contribution is 5.56. The highest BCUT2D eigenvalue weighted by Gasteiger charge is 2.02. The first-order valence-electron chi connectivity index (χ1n) is 3.13. The molecular formula is C7H12O3. The van der Waals surface area contributed by atoms with E-state index in [1.165, 1.54) is 0 Å². The molecule has 3 heteroatoms. The monoisotopic (exact) mass is 144 g/mol. The van der Waals surface area contributed by atoms with E-state index >= 15 is 0 Å². The van der Waals surface area contributed by atoms with E-state index in [1.54, 1.807) is 6.08 Å². The molecule has 10 heavy (non-hydrogen) atoms. The lowest BCUT2D eigenvalue weighted by Gasteiger charge is -2.05. The van der Waals surface area contributed by atoms with Crippen LogP contribution in [-0.4, -0.2) is 17.9 Å². The quantitative estimate of drug-likeness (QED) is 0.484. The van der Waals surface area contributed by atoms with Gasteiger partial charge in [0.25, 0.3) is 0 Å². The number of hydrogen-bond acceptors (Lipinski definition) is 2. The van der Waals surface area contributed by atoms with Crippen LogP contribution in [0.1, 0.15) is 13.3 Å². The van der Waals surface area contributed by atoms with Crippen LogP contribution in [0.3, 0.4) is 0 Å². The minimum Gasteiger partial charge on any atom is -0.450 e. The Bertz CT molecular complexity index is 120. The summed E-state index contributed by atoms with van der Waals surface area (Å²) < 4.78 is 4.33. The summed E-state index contributed by atoms with van der Waals surface area (Å²) in [6, 6.07) is 0. The van der Waals surface area contributed by atoms with Crippen molar-refractivity contribution < 1.29 is 14.6 Å². The maximum atomic E-state index is 9.86. The van der Waals surface area contributed by atoms with Gasteiger partial charge in [0.2, 0.25) is 0 Å². The Kier molecular flexibility index (Phi) is 4.37. The van der Waals surface area contributed by atoms with Crippen LogP contribution in [0.25, 0.3) is 0 Å². The highest BCUT2D eigenvalue weighted by atomic mass is 16.7. The fourth-order valence-corrected chi connectivity index (χ4v) is 0.566. The summed E-state index contributed by atoms with van der Waals surface area (Å²) in [7, 11) is 0. The summed E-state index contributed by atoms with van der Waals surface area (Å²) in [6.07, 6.45) is 1.32. The third-order valence-electron chi connectivity index (χ3n) is 1.06. The lowest BCUT2D eigenvalue weighted by atomic mass is 10.1. The van der Waals surface area contributed by atoms with Crippen molar-refractivity contribution in [3.8, 4) is 0 Å². The molecule has 0 spiro atoms. The molecule has 3 nitrogen and oxygen atoms in total. The van der Waals surface area contributed by atoms with Crippen LogP contribution in [0, 0.1) is 5.92 Å². The molecule has 0 aromatic heterocycles. The smallest absolute Gasteiger partial charge is 0.450 e. The van der Waals surface area contributed by atoms with E-state index in [2.05, 4.69) is 11.3 Å². The lowest BCUT2D eigenvalue weighted by molar-refractivity contribution is 0.0796. The van der Waals surface area contributed by atoms with E-state index in [9.17, 15) is 4.79 Å². The van der Waals surface area contributed by atoms with Gasteiger partial charge in [0.1, 0.15) is 0 Å². The molecule has 0 radical (unpaired) electrons. The molecule has 0 heterocycles. The van der Waals surface area contributed by atoms with Gasteiger partial charge in [-0.25, -0.2) is 4.79 Å². The fraction of sp³-hybridized carbons (Fsp3) is 0.571. The molecule has 0 aliphatic carbocycles. The van der Waals surface area contributed by atoms with Gasteiger partial charge in [-0.05, 0) is 12.3 Å². The predicted octanol–water partition coefficient (Wildman–Crippen LogP) is 1.89. The van der Waals surface area contributed by atoms with Crippen molar-refractivity contribution in [1.29, 1.82) is 0 Å². The zero-order chi connectivity index (χ0) is 7.98. The molecule has 1 unspecified atom stereocenters. The second-order valence-electron chi connectivity index (χ2n) is 2.21. The first-order chi connectivity index (χ1) is 4.66. The van der Waals surface area contributed by atoms with E-state index in [1.807, 2.05) is 6.92 Å². The number of carbonyl (C=O) groups is 1. The van der Waals surface area contributed by atoms with Crippen LogP contribution in [-0.2, 0) is 4.74 Å². The largest absolute Gasteiger partial charge is 0.505 e. The van der Waals surface area contributed by atoms with E-state index < -0.39 is 6.16 Å². The van der Waals surface area contributed by atoms with E-state index in [4.69, 9.17) is 5.11 Å². The molecule has 0 aliphatic heterocycles. The molecule has 0 fully saturated rings. The van der Waals surface area contributed by atoms with Gasteiger partial charge in [-0.2, -0.15) is 0 Å². The van der Waals surface area contributed by atoms with Crippen molar-refractivity contribution in [2.45, 2.75) is 13.3 Å². The minimum absolute atomic E-state index is 0.230. The zero-order valence-corrected chi connectivity index (χ0v) is 6.04. The first kappa shape index (κ1) is 9.01. The molecule has 0 saturated carbocycles. The van der Waals surface area contributed by atoms with E-state index in [0.717, 1.165) is 6.42 Å². The molecule has 0 amide bonds. The Balaban J connectivity index is 3.29. The Morgan fingerprint density at radius 2 is 2.50 bits per heavy atom. The van der Waals surface area contributed by atoms with Gasteiger partial charge < -0.3 is 9.84 Å². The van der Waals surface area contributed by atoms with Crippen LogP contribution in [0.5, 0.6) is 0 Å². The predicted molar refractivity (Wildman–Crippen MR) is 38.0 cm³/mol. The molecule has 0 rings (SSSR count). The van der Waals surface area contributed by atoms with Crippen molar-refractivity contribution in [3.63, 3.8) is 0 Å². The van der Waals surface area contributed by atoms with Crippen LogP contribution >= 0.6 is 0 Å². The summed E-state index contributed by atoms with van der Waals surface area (Å²) in [5.41, 5.74) is 0. The molecule has 0 aromatic carbocycles. The zero-order valence-electron chi connectivity index (χ0n) is 6.04. The fourth-order valence-electron chi connectivity index (χ4n) is 0.566. The molecule has 0 bridgehead atoms. The molecule has 0 aromatic rings. The minimum atomic E-state index is -1.21. The van der Waals surface area contributed by atoms with Crippen molar-refractivity contribution in [1.82, 2.24) is 0 Å². The van der Waals surface area contributed by atoms with Crippen molar-refractivity contribution in [2.75, 3.05) is 6.61 Å². The maximum Gasteiger partial charge on any atom is 0.505 e. The second-order valence-corrected chi connectivity index (χ2v) is 2.21. The second kappa shape index (κ2) is 4.85. The standard InChI is InChI=1S/C7H12O3/c1-3-4-6(2)5-10-7(8)9/h3,6H,1,4-5H2,2H3,(H,8,9). The Morgan fingerprint density at radius 3 is 2.90 bits per heavy atom. The van der Waals surface area contributed by atoms with Crippen molar-refractivity contribution >= 4 is 6.16 Å². The van der Waals surface area contributed by atoms with Crippen molar-refractivity contribution in [2.24, 2.45) is 5.92 Å². The Morgan fingerprint density at radius 1 is 1.90 bits per heavy atom. The average Bonchev–Trinajstić information content (AvgIpc) is 1.85. The summed E-state index contributed by atoms with van der Waals surface area (Å²) in [5.74, 6) is 0.230. The number of allylic oxidation sites excluding steroid dienone is 1. The number of hydrogen-bond donors (Lipinski definition) is 1. The first-order valence-corrected chi connectivity index (χ1v) is 3.13. The van der Waals surface area contributed by atoms with Crippen molar-refractivity contribution in [3.05, 3.63) is 12.7 Å². The van der Waals surface area contributed by atoms with Crippen LogP contribution in [0.15, 0.2) is 12.7 Å². The third kappa shape index (κ3) is 5.15. The normalized spacial score (nSPS) is 12.1. The average molecular weight is 144 g/mol. The summed E-state index contributed by atoms with van der Waals surface area (Å²) in [6.45, 7) is 5.68. The third-order valence-corrected chi connectivity index (χ3v) is 1.06. The van der Waals surface area contributed by atoms with Gasteiger partial charge in [-0.15, -0.1) is 6.58 Å². The summed E-state index contributed by atoms with van der Waals surface area (Å²) in [5, 5.41) is 8.08. The van der Waals surface area contributed by atoms with Crippen LogP contribution in [0.4, 0.5) is 4.79 Å². The highest BCUT2D eigenvalue weighted by Crippen LogP contribution is 2.01. The molecular weight excluding hydrogens is 132 g/mol. The SMILES string of the molecule is C=CCC(C)COC(=O)O. The van der Waals surface area contributed by atoms with Crippen LogP contribution < -0.4 is 0 Å². The number of carboxylic acid groups (broad SMARTS) is 1. The molecule has 1 N–H and O–H groups in total. The lowest BCUT2D eigenvalue weighted by Crippen LogP contribution is -2.08. The van der Waals surface area contributed by atoms with Gasteiger partial charge in [0.05, 0.1) is 6.61 Å². The molecule has 1 atom stereocenters. The van der Waals surface area contributed by atoms with Crippen LogP contribution in [0.2, 0.25) is 0 Å².